The molecule has 1 saturated carbocycles. The number of furan rings is 1. The van der Waals surface area contributed by atoms with Gasteiger partial charge in [0.2, 0.25) is 0 Å². The lowest BCUT2D eigenvalue weighted by molar-refractivity contribution is 0.0752. The van der Waals surface area contributed by atoms with E-state index >= 15 is 0 Å². The second-order valence-electron chi connectivity index (χ2n) is 9.69. The molecular weight excluding hydrogens is 456 g/mol. The summed E-state index contributed by atoms with van der Waals surface area (Å²) >= 11 is 1.55. The highest BCUT2D eigenvalue weighted by Gasteiger charge is 2.21. The first-order valence-corrected chi connectivity index (χ1v) is 13.5. The Labute approximate surface area is 213 Å². The van der Waals surface area contributed by atoms with E-state index < -0.39 is 0 Å². The summed E-state index contributed by atoms with van der Waals surface area (Å²) in [6, 6.07) is 16.3. The molecule has 2 heterocycles. The Hall–Kier alpha value is -2.80. The highest BCUT2D eigenvalue weighted by Crippen LogP contribution is 2.29. The van der Waals surface area contributed by atoms with Gasteiger partial charge in [0.15, 0.2) is 10.9 Å². The van der Waals surface area contributed by atoms with Crippen LogP contribution in [0.25, 0.3) is 0 Å². The van der Waals surface area contributed by atoms with Crippen LogP contribution in [0.4, 0.5) is 5.82 Å². The molecular formula is C28H36N4O2S. The van der Waals surface area contributed by atoms with Gasteiger partial charge in [0.1, 0.15) is 11.6 Å². The van der Waals surface area contributed by atoms with Crippen molar-refractivity contribution < 1.29 is 9.21 Å². The monoisotopic (exact) mass is 492 g/mol. The van der Waals surface area contributed by atoms with Crippen molar-refractivity contribution in [3.63, 3.8) is 0 Å². The molecule has 0 bridgehead atoms. The maximum absolute atomic E-state index is 12.8. The fraction of sp³-hybridized carbons (Fsp3) is 0.464. The van der Waals surface area contributed by atoms with Gasteiger partial charge in [-0.2, -0.15) is 0 Å². The molecule has 1 amide bonds. The lowest BCUT2D eigenvalue weighted by Crippen LogP contribution is -2.34. The summed E-state index contributed by atoms with van der Waals surface area (Å²) in [7, 11) is 3.95. The Kier molecular flexibility index (Phi) is 8.50. The topological polar surface area (TPSA) is 62.5 Å². The lowest BCUT2D eigenvalue weighted by Gasteiger charge is -2.32. The number of carbonyl (C=O) groups excluding carboxylic acids is 1. The van der Waals surface area contributed by atoms with Gasteiger partial charge in [-0.1, -0.05) is 75.2 Å². The summed E-state index contributed by atoms with van der Waals surface area (Å²) in [5, 5.41) is 0.749. The number of thioether (sulfide) groups is 1. The molecule has 186 valence electrons. The second-order valence-corrected chi connectivity index (χ2v) is 10.6. The molecule has 0 spiro atoms. The van der Waals surface area contributed by atoms with Gasteiger partial charge in [0.05, 0.1) is 5.75 Å². The van der Waals surface area contributed by atoms with Crippen LogP contribution < -0.4 is 4.90 Å². The zero-order valence-corrected chi connectivity index (χ0v) is 22.1. The number of anilines is 1. The average molecular weight is 493 g/mol. The number of hydrogen-bond donors (Lipinski definition) is 0. The lowest BCUT2D eigenvalue weighted by atomic mass is 9.94. The fourth-order valence-electron chi connectivity index (χ4n) is 4.45. The van der Waals surface area contributed by atoms with Crippen LogP contribution in [-0.2, 0) is 12.3 Å². The molecule has 0 atom stereocenters. The number of aromatic nitrogens is 2. The summed E-state index contributed by atoms with van der Waals surface area (Å²) in [5.74, 6) is 2.87. The van der Waals surface area contributed by atoms with Crippen LogP contribution in [0, 0.1) is 0 Å². The predicted octanol–water partition coefficient (Wildman–Crippen LogP) is 6.53. The van der Waals surface area contributed by atoms with Crippen LogP contribution in [0.3, 0.4) is 0 Å². The van der Waals surface area contributed by atoms with Crippen molar-refractivity contribution in [2.75, 3.05) is 19.0 Å². The molecule has 35 heavy (non-hydrogen) atoms. The number of amides is 1. The average Bonchev–Trinajstić information content (AvgIpc) is 3.36. The van der Waals surface area contributed by atoms with Gasteiger partial charge >= 0.3 is 0 Å². The summed E-state index contributed by atoms with van der Waals surface area (Å²) in [6.07, 6.45) is 6.36. The molecule has 0 saturated heterocycles. The SMILES string of the molecule is CC(C)c1cc(N(C)C2CCCCC2)nc(SCc2ccc(C(=O)N(C)Cc3ccccc3)o2)n1. The standard InChI is InChI=1S/C28H36N4O2S/c1-20(2)24-17-26(32(4)22-13-9-6-10-14-22)30-28(29-24)35-19-23-15-16-25(34-23)27(33)31(3)18-21-11-7-5-8-12-21/h5,7-8,11-12,15-17,20,22H,6,9-10,13-14,18-19H2,1-4H3. The normalized spacial score (nSPS) is 14.3. The van der Waals surface area contributed by atoms with Gasteiger partial charge in [0, 0.05) is 38.4 Å². The smallest absolute Gasteiger partial charge is 0.289 e. The van der Waals surface area contributed by atoms with E-state index in [2.05, 4.69) is 31.9 Å². The number of benzene rings is 1. The van der Waals surface area contributed by atoms with Crippen LogP contribution in [0.15, 0.2) is 58.1 Å². The van der Waals surface area contributed by atoms with Gasteiger partial charge < -0.3 is 14.2 Å². The molecule has 2 aromatic heterocycles. The van der Waals surface area contributed by atoms with Gasteiger partial charge in [-0.3, -0.25) is 4.79 Å². The maximum Gasteiger partial charge on any atom is 0.289 e. The van der Waals surface area contributed by atoms with E-state index in [1.165, 1.54) is 32.1 Å². The molecule has 1 aliphatic rings. The van der Waals surface area contributed by atoms with E-state index in [4.69, 9.17) is 14.4 Å². The largest absolute Gasteiger partial charge is 0.455 e. The Morgan fingerprint density at radius 2 is 1.80 bits per heavy atom. The van der Waals surface area contributed by atoms with Gasteiger partial charge in [-0.05, 0) is 36.5 Å². The molecule has 0 N–H and O–H groups in total. The first-order valence-electron chi connectivity index (χ1n) is 12.5. The molecule has 7 heteroatoms. The van der Waals surface area contributed by atoms with E-state index in [0.29, 0.717) is 30.0 Å². The highest BCUT2D eigenvalue weighted by atomic mass is 32.2. The minimum Gasteiger partial charge on any atom is -0.455 e. The molecule has 0 radical (unpaired) electrons. The van der Waals surface area contributed by atoms with Crippen molar-refractivity contribution in [3.05, 3.63) is 71.3 Å². The van der Waals surface area contributed by atoms with Crippen molar-refractivity contribution in [2.24, 2.45) is 0 Å². The molecule has 1 aromatic carbocycles. The van der Waals surface area contributed by atoms with E-state index in [1.807, 2.05) is 36.4 Å². The first kappa shape index (κ1) is 25.3. The quantitative estimate of drug-likeness (QED) is 0.250. The van der Waals surface area contributed by atoms with Crippen LogP contribution in [0.1, 0.15) is 79.4 Å². The first-order chi connectivity index (χ1) is 16.9. The molecule has 3 aromatic rings. The molecule has 4 rings (SSSR count). The number of nitrogens with zero attached hydrogens (tertiary/aromatic N) is 4. The number of hydrogen-bond acceptors (Lipinski definition) is 6. The van der Waals surface area contributed by atoms with Gasteiger partial charge in [-0.25, -0.2) is 9.97 Å². The third-order valence-electron chi connectivity index (χ3n) is 6.61. The predicted molar refractivity (Wildman–Crippen MR) is 142 cm³/mol. The van der Waals surface area contributed by atoms with Gasteiger partial charge in [-0.15, -0.1) is 0 Å². The van der Waals surface area contributed by atoms with Crippen LogP contribution >= 0.6 is 11.8 Å². The summed E-state index contributed by atoms with van der Waals surface area (Å²) in [5.41, 5.74) is 2.14. The van der Waals surface area contributed by atoms with Crippen LogP contribution in [0.2, 0.25) is 0 Å². The highest BCUT2D eigenvalue weighted by molar-refractivity contribution is 7.98. The Morgan fingerprint density at radius 1 is 1.06 bits per heavy atom. The second kappa shape index (κ2) is 11.8. The van der Waals surface area contributed by atoms with Gasteiger partial charge in [0.25, 0.3) is 5.91 Å². The van der Waals surface area contributed by atoms with E-state index in [-0.39, 0.29) is 5.91 Å². The molecule has 6 nitrogen and oxygen atoms in total. The van der Waals surface area contributed by atoms with Crippen LogP contribution in [-0.4, -0.2) is 40.9 Å². The minimum absolute atomic E-state index is 0.125. The molecule has 0 unspecified atom stereocenters. The van der Waals surface area contributed by atoms with Crippen molar-refractivity contribution in [1.82, 2.24) is 14.9 Å². The van der Waals surface area contributed by atoms with Crippen molar-refractivity contribution >= 4 is 23.5 Å². The summed E-state index contributed by atoms with van der Waals surface area (Å²) in [6.45, 7) is 4.87. The Morgan fingerprint density at radius 3 is 2.51 bits per heavy atom. The number of carbonyl (C=O) groups is 1. The summed E-state index contributed by atoms with van der Waals surface area (Å²) < 4.78 is 5.90. The Bertz CT molecular complexity index is 1110. The third-order valence-corrected chi connectivity index (χ3v) is 7.48. The fourth-order valence-corrected chi connectivity index (χ4v) is 5.20. The molecule has 1 fully saturated rings. The van der Waals surface area contributed by atoms with Crippen molar-refractivity contribution in [1.29, 1.82) is 0 Å². The van der Waals surface area contributed by atoms with E-state index in [9.17, 15) is 4.79 Å². The molecule has 0 aliphatic heterocycles. The third kappa shape index (κ3) is 6.66. The minimum atomic E-state index is -0.125. The van der Waals surface area contributed by atoms with Crippen molar-refractivity contribution in [2.45, 2.75) is 75.4 Å². The van der Waals surface area contributed by atoms with E-state index in [1.54, 1.807) is 29.8 Å². The van der Waals surface area contributed by atoms with E-state index in [0.717, 1.165) is 28.0 Å². The Balaban J connectivity index is 1.41. The summed E-state index contributed by atoms with van der Waals surface area (Å²) in [4.78, 5) is 26.5. The molecule has 1 aliphatic carbocycles. The zero-order valence-electron chi connectivity index (χ0n) is 21.2. The van der Waals surface area contributed by atoms with Crippen LogP contribution in [0.5, 0.6) is 0 Å². The zero-order chi connectivity index (χ0) is 24.8. The van der Waals surface area contributed by atoms with Crippen molar-refractivity contribution in [3.8, 4) is 0 Å². The maximum atomic E-state index is 12.8. The number of rotatable bonds is 9.